The zero-order valence-corrected chi connectivity index (χ0v) is 10.7. The molecule has 1 aromatic carbocycles. The first-order valence-corrected chi connectivity index (χ1v) is 6.19. The van der Waals surface area contributed by atoms with Crippen LogP contribution in [0.1, 0.15) is 19.3 Å². The maximum atomic E-state index is 10.6. The molecule has 0 aliphatic heterocycles. The van der Waals surface area contributed by atoms with Crippen LogP contribution in [-0.4, -0.2) is 22.2 Å². The van der Waals surface area contributed by atoms with Gasteiger partial charge in [0, 0.05) is 22.3 Å². The number of hydrogen-bond donors (Lipinski definition) is 2. The van der Waals surface area contributed by atoms with E-state index in [4.69, 9.17) is 0 Å². The summed E-state index contributed by atoms with van der Waals surface area (Å²) in [6.07, 6.45) is 2.94. The van der Waals surface area contributed by atoms with Crippen molar-refractivity contribution in [2.75, 3.05) is 11.9 Å². The van der Waals surface area contributed by atoms with Crippen molar-refractivity contribution in [1.82, 2.24) is 0 Å². The van der Waals surface area contributed by atoms with Gasteiger partial charge in [-0.3, -0.25) is 10.1 Å². The molecule has 6 heteroatoms. The summed E-state index contributed by atoms with van der Waals surface area (Å²) in [5.74, 6) is 0. The molecule has 17 heavy (non-hydrogen) atoms. The summed E-state index contributed by atoms with van der Waals surface area (Å²) in [7, 11) is 0. The molecule has 1 aliphatic carbocycles. The van der Waals surface area contributed by atoms with Crippen LogP contribution in [0.5, 0.6) is 0 Å². The Bertz CT molecular complexity index is 441. The molecule has 1 saturated carbocycles. The molecule has 2 N–H and O–H groups in total. The van der Waals surface area contributed by atoms with Crippen molar-refractivity contribution in [2.24, 2.45) is 0 Å². The summed E-state index contributed by atoms with van der Waals surface area (Å²) >= 11 is 3.30. The van der Waals surface area contributed by atoms with Crippen LogP contribution in [-0.2, 0) is 0 Å². The highest BCUT2D eigenvalue weighted by atomic mass is 79.9. The molecule has 1 aliphatic rings. The van der Waals surface area contributed by atoms with Crippen molar-refractivity contribution in [3.05, 3.63) is 32.8 Å². The number of anilines is 1. The summed E-state index contributed by atoms with van der Waals surface area (Å²) in [5, 5.41) is 23.2. The molecule has 5 nitrogen and oxygen atoms in total. The molecule has 0 heterocycles. The van der Waals surface area contributed by atoms with E-state index in [0.717, 1.165) is 24.9 Å². The summed E-state index contributed by atoms with van der Waals surface area (Å²) in [6.45, 7) is 0.0798. The van der Waals surface area contributed by atoms with Crippen LogP contribution in [0.25, 0.3) is 0 Å². The van der Waals surface area contributed by atoms with E-state index >= 15 is 0 Å². The smallest absolute Gasteiger partial charge is 0.270 e. The number of non-ortho nitro benzene ring substituents is 1. The maximum Gasteiger partial charge on any atom is 0.270 e. The number of aliphatic hydroxyl groups excluding tert-OH is 1. The van der Waals surface area contributed by atoms with Gasteiger partial charge in [0.2, 0.25) is 0 Å². The van der Waals surface area contributed by atoms with Gasteiger partial charge in [0.15, 0.2) is 0 Å². The number of nitro groups is 1. The van der Waals surface area contributed by atoms with Crippen molar-refractivity contribution in [3.63, 3.8) is 0 Å². The summed E-state index contributed by atoms with van der Waals surface area (Å²) in [6, 6.07) is 4.58. The lowest BCUT2D eigenvalue weighted by Gasteiger charge is -2.42. The minimum atomic E-state index is -0.431. The average molecular weight is 301 g/mol. The van der Waals surface area contributed by atoms with Gasteiger partial charge in [0.1, 0.15) is 0 Å². The molecule has 92 valence electrons. The third-order valence-corrected chi connectivity index (χ3v) is 3.83. The number of aliphatic hydroxyl groups is 1. The fourth-order valence-electron chi connectivity index (χ4n) is 1.93. The standard InChI is InChI=1S/C11H13BrN2O3/c12-9-6-8(14(16)17)2-3-10(9)13-11(7-15)4-1-5-11/h2-3,6,13,15H,1,4-5,7H2. The largest absolute Gasteiger partial charge is 0.394 e. The fraction of sp³-hybridized carbons (Fsp3) is 0.455. The van der Waals surface area contributed by atoms with E-state index < -0.39 is 4.92 Å². The Labute approximate surface area is 107 Å². The Morgan fingerprint density at radius 2 is 2.24 bits per heavy atom. The van der Waals surface area contributed by atoms with Gasteiger partial charge in [0.05, 0.1) is 17.1 Å². The highest BCUT2D eigenvalue weighted by Crippen LogP contribution is 2.37. The van der Waals surface area contributed by atoms with Crippen molar-refractivity contribution in [2.45, 2.75) is 24.8 Å². The predicted molar refractivity (Wildman–Crippen MR) is 68.1 cm³/mol. The van der Waals surface area contributed by atoms with Gasteiger partial charge in [-0.1, -0.05) is 0 Å². The SMILES string of the molecule is O=[N+]([O-])c1ccc(NC2(CO)CCC2)c(Br)c1. The maximum absolute atomic E-state index is 10.6. The molecule has 0 bridgehead atoms. The summed E-state index contributed by atoms with van der Waals surface area (Å²) in [4.78, 5) is 10.2. The fourth-order valence-corrected chi connectivity index (χ4v) is 2.40. The van der Waals surface area contributed by atoms with Crippen LogP contribution in [0.3, 0.4) is 0 Å². The van der Waals surface area contributed by atoms with Gasteiger partial charge in [-0.2, -0.15) is 0 Å². The normalized spacial score (nSPS) is 17.3. The Morgan fingerprint density at radius 3 is 2.65 bits per heavy atom. The van der Waals surface area contributed by atoms with E-state index in [1.165, 1.54) is 12.1 Å². The molecule has 0 saturated heterocycles. The van der Waals surface area contributed by atoms with Gasteiger partial charge >= 0.3 is 0 Å². The van der Waals surface area contributed by atoms with Gasteiger partial charge in [-0.15, -0.1) is 0 Å². The van der Waals surface area contributed by atoms with Crippen LogP contribution in [0.15, 0.2) is 22.7 Å². The van der Waals surface area contributed by atoms with Gasteiger partial charge in [-0.05, 0) is 41.3 Å². The molecule has 0 unspecified atom stereocenters. The lowest BCUT2D eigenvalue weighted by Crippen LogP contribution is -2.48. The highest BCUT2D eigenvalue weighted by Gasteiger charge is 2.36. The number of nitrogens with one attached hydrogen (secondary N) is 1. The van der Waals surface area contributed by atoms with Crippen LogP contribution in [0, 0.1) is 10.1 Å². The van der Waals surface area contributed by atoms with E-state index in [1.54, 1.807) is 6.07 Å². The molecule has 0 amide bonds. The van der Waals surface area contributed by atoms with Crippen LogP contribution < -0.4 is 5.32 Å². The predicted octanol–water partition coefficient (Wildman–Crippen LogP) is 2.68. The number of nitrogens with zero attached hydrogens (tertiary/aromatic N) is 1. The Kier molecular flexibility index (Phi) is 3.35. The van der Waals surface area contributed by atoms with E-state index in [-0.39, 0.29) is 17.8 Å². The second kappa shape index (κ2) is 4.62. The lowest BCUT2D eigenvalue weighted by atomic mass is 9.77. The first kappa shape index (κ1) is 12.3. The van der Waals surface area contributed by atoms with Gasteiger partial charge < -0.3 is 10.4 Å². The summed E-state index contributed by atoms with van der Waals surface area (Å²) in [5.41, 5.74) is 0.581. The summed E-state index contributed by atoms with van der Waals surface area (Å²) < 4.78 is 0.645. The number of nitro benzene ring substituents is 1. The third-order valence-electron chi connectivity index (χ3n) is 3.18. The first-order chi connectivity index (χ1) is 8.06. The van der Waals surface area contributed by atoms with Gasteiger partial charge in [-0.25, -0.2) is 0 Å². The number of halogens is 1. The number of hydrogen-bond acceptors (Lipinski definition) is 4. The molecule has 0 spiro atoms. The molecule has 1 aromatic rings. The Balaban J connectivity index is 2.19. The monoisotopic (exact) mass is 300 g/mol. The second-order valence-electron chi connectivity index (χ2n) is 4.34. The average Bonchev–Trinajstić information content (AvgIpc) is 2.25. The van der Waals surface area contributed by atoms with Crippen molar-refractivity contribution >= 4 is 27.3 Å². The van der Waals surface area contributed by atoms with Crippen LogP contribution >= 0.6 is 15.9 Å². The highest BCUT2D eigenvalue weighted by molar-refractivity contribution is 9.10. The molecular formula is C11H13BrN2O3. The zero-order valence-electron chi connectivity index (χ0n) is 9.15. The number of rotatable bonds is 4. The zero-order chi connectivity index (χ0) is 12.5. The molecule has 0 aromatic heterocycles. The quantitative estimate of drug-likeness (QED) is 0.662. The molecule has 1 fully saturated rings. The van der Waals surface area contributed by atoms with Gasteiger partial charge in [0.25, 0.3) is 5.69 Å². The minimum absolute atomic E-state index is 0.0501. The molecular weight excluding hydrogens is 288 g/mol. The van der Waals surface area contributed by atoms with E-state index in [2.05, 4.69) is 21.2 Å². The van der Waals surface area contributed by atoms with Crippen molar-refractivity contribution in [1.29, 1.82) is 0 Å². The van der Waals surface area contributed by atoms with Crippen LogP contribution in [0.2, 0.25) is 0 Å². The minimum Gasteiger partial charge on any atom is -0.394 e. The second-order valence-corrected chi connectivity index (χ2v) is 5.19. The number of benzene rings is 1. The molecule has 2 rings (SSSR count). The topological polar surface area (TPSA) is 75.4 Å². The molecule has 0 radical (unpaired) electrons. The Morgan fingerprint density at radius 1 is 1.53 bits per heavy atom. The van der Waals surface area contributed by atoms with Crippen LogP contribution in [0.4, 0.5) is 11.4 Å². The van der Waals surface area contributed by atoms with E-state index in [9.17, 15) is 15.2 Å². The van der Waals surface area contributed by atoms with E-state index in [0.29, 0.717) is 4.47 Å². The lowest BCUT2D eigenvalue weighted by molar-refractivity contribution is -0.384. The first-order valence-electron chi connectivity index (χ1n) is 5.39. The van der Waals surface area contributed by atoms with Crippen molar-refractivity contribution < 1.29 is 10.0 Å². The third kappa shape index (κ3) is 2.42. The Hall–Kier alpha value is -1.14. The van der Waals surface area contributed by atoms with E-state index in [1.807, 2.05) is 0 Å². The molecule has 0 atom stereocenters. The van der Waals surface area contributed by atoms with Crippen molar-refractivity contribution in [3.8, 4) is 0 Å².